The van der Waals surface area contributed by atoms with E-state index in [0.717, 1.165) is 43.5 Å². The molecule has 0 rings (SSSR count). The molecular formula is C13H22O4S2. The van der Waals surface area contributed by atoms with Crippen molar-refractivity contribution in [2.75, 3.05) is 23.0 Å². The van der Waals surface area contributed by atoms with Crippen LogP contribution in [0.3, 0.4) is 0 Å². The number of rotatable bonds is 14. The molecule has 6 heteroatoms. The first kappa shape index (κ1) is 18.5. The molecule has 0 saturated carbocycles. The quantitative estimate of drug-likeness (QED) is 0.393. The molecule has 0 radical (unpaired) electrons. The fraction of sp³-hybridized carbons (Fsp3) is 0.769. The van der Waals surface area contributed by atoms with Gasteiger partial charge in [0.1, 0.15) is 12.1 Å². The highest BCUT2D eigenvalue weighted by Gasteiger charge is 2.02. The molecule has 0 aliphatic rings. The van der Waals surface area contributed by atoms with Crippen molar-refractivity contribution in [2.45, 2.75) is 38.5 Å². The first-order chi connectivity index (χ1) is 9.16. The van der Waals surface area contributed by atoms with Gasteiger partial charge in [-0.2, -0.15) is 23.5 Å². The van der Waals surface area contributed by atoms with Gasteiger partial charge in [0.05, 0.1) is 5.75 Å². The monoisotopic (exact) mass is 306 g/mol. The van der Waals surface area contributed by atoms with Crippen LogP contribution in [0.1, 0.15) is 38.5 Å². The molecule has 0 aliphatic heterocycles. The number of aliphatic carboxylic acids is 1. The molecule has 0 unspecified atom stereocenters. The Labute approximate surface area is 123 Å². The van der Waals surface area contributed by atoms with Crippen LogP contribution >= 0.6 is 23.5 Å². The van der Waals surface area contributed by atoms with E-state index in [1.807, 2.05) is 0 Å². The summed E-state index contributed by atoms with van der Waals surface area (Å²) in [5.74, 6) is 1.95. The molecule has 0 aliphatic carbocycles. The molecule has 0 bridgehead atoms. The molecule has 0 atom stereocenters. The number of carbonyl (C=O) groups excluding carboxylic acids is 2. The van der Waals surface area contributed by atoms with Crippen LogP contribution in [0, 0.1) is 0 Å². The van der Waals surface area contributed by atoms with Gasteiger partial charge in [0.2, 0.25) is 0 Å². The predicted molar refractivity (Wildman–Crippen MR) is 81.1 cm³/mol. The summed E-state index contributed by atoms with van der Waals surface area (Å²) in [4.78, 5) is 31.8. The van der Waals surface area contributed by atoms with E-state index in [9.17, 15) is 14.4 Å². The number of carboxylic acid groups (broad SMARTS) is 1. The van der Waals surface area contributed by atoms with Crippen LogP contribution in [0.25, 0.3) is 0 Å². The molecule has 0 fully saturated rings. The molecule has 0 heterocycles. The van der Waals surface area contributed by atoms with Crippen molar-refractivity contribution in [1.82, 2.24) is 0 Å². The Hall–Kier alpha value is -0.490. The minimum Gasteiger partial charge on any atom is -0.481 e. The second-order valence-electron chi connectivity index (χ2n) is 4.14. The van der Waals surface area contributed by atoms with Gasteiger partial charge in [0, 0.05) is 18.6 Å². The maximum absolute atomic E-state index is 11.5. The van der Waals surface area contributed by atoms with Gasteiger partial charge in [-0.3, -0.25) is 9.59 Å². The Morgan fingerprint density at radius 3 is 2.05 bits per heavy atom. The van der Waals surface area contributed by atoms with Crippen molar-refractivity contribution in [1.29, 1.82) is 0 Å². The average Bonchev–Trinajstić information content (AvgIpc) is 2.37. The zero-order valence-corrected chi connectivity index (χ0v) is 12.8. The van der Waals surface area contributed by atoms with Gasteiger partial charge in [-0.05, 0) is 37.2 Å². The number of thioether (sulfide) groups is 2. The number of Topliss-reactive ketones (excluding diaryl/α,β-unsaturated/α-hetero) is 1. The lowest BCUT2D eigenvalue weighted by atomic mass is 10.1. The number of hydrogen-bond donors (Lipinski definition) is 1. The first-order valence-electron chi connectivity index (χ1n) is 6.49. The number of ketones is 1. The second kappa shape index (κ2) is 13.9. The lowest BCUT2D eigenvalue weighted by Crippen LogP contribution is -2.00. The van der Waals surface area contributed by atoms with E-state index in [1.165, 1.54) is 11.8 Å². The molecule has 0 aromatic carbocycles. The Morgan fingerprint density at radius 1 is 0.947 bits per heavy atom. The highest BCUT2D eigenvalue weighted by atomic mass is 32.2. The summed E-state index contributed by atoms with van der Waals surface area (Å²) < 4.78 is 0. The van der Waals surface area contributed by atoms with Crippen LogP contribution in [0.2, 0.25) is 0 Å². The van der Waals surface area contributed by atoms with Gasteiger partial charge >= 0.3 is 5.97 Å². The SMILES string of the molecule is O=CCSCCCCC(=O)CCCCSCC(=O)O. The molecule has 1 N–H and O–H groups in total. The zero-order chi connectivity index (χ0) is 14.3. The van der Waals surface area contributed by atoms with Gasteiger partial charge in [-0.25, -0.2) is 0 Å². The molecule has 0 amide bonds. The summed E-state index contributed by atoms with van der Waals surface area (Å²) in [5.41, 5.74) is 0. The van der Waals surface area contributed by atoms with Crippen LogP contribution in [0.15, 0.2) is 0 Å². The second-order valence-corrected chi connectivity index (χ2v) is 6.40. The van der Waals surface area contributed by atoms with E-state index in [4.69, 9.17) is 5.11 Å². The fourth-order valence-electron chi connectivity index (χ4n) is 1.47. The van der Waals surface area contributed by atoms with E-state index >= 15 is 0 Å². The minimum absolute atomic E-state index is 0.145. The average molecular weight is 306 g/mol. The maximum Gasteiger partial charge on any atom is 0.313 e. The Morgan fingerprint density at radius 2 is 1.53 bits per heavy atom. The number of hydrogen-bond acceptors (Lipinski definition) is 5. The van der Waals surface area contributed by atoms with Gasteiger partial charge in [-0.15, -0.1) is 0 Å². The van der Waals surface area contributed by atoms with E-state index < -0.39 is 5.97 Å². The van der Waals surface area contributed by atoms with E-state index in [-0.39, 0.29) is 5.75 Å². The highest BCUT2D eigenvalue weighted by Crippen LogP contribution is 2.10. The molecule has 0 spiro atoms. The fourth-order valence-corrected chi connectivity index (χ4v) is 2.87. The maximum atomic E-state index is 11.5. The molecular weight excluding hydrogens is 284 g/mol. The van der Waals surface area contributed by atoms with Gasteiger partial charge in [-0.1, -0.05) is 0 Å². The van der Waals surface area contributed by atoms with E-state index in [0.29, 0.717) is 24.4 Å². The largest absolute Gasteiger partial charge is 0.481 e. The number of aldehydes is 1. The third-order valence-corrected chi connectivity index (χ3v) is 4.38. The summed E-state index contributed by atoms with van der Waals surface area (Å²) in [5, 5.41) is 8.44. The molecule has 0 aromatic heterocycles. The predicted octanol–water partition coefficient (Wildman–Crippen LogP) is 2.65. The summed E-state index contributed by atoms with van der Waals surface area (Å²) in [6, 6.07) is 0. The number of unbranched alkanes of at least 4 members (excludes halogenated alkanes) is 2. The summed E-state index contributed by atoms with van der Waals surface area (Å²) in [7, 11) is 0. The van der Waals surface area contributed by atoms with Crippen molar-refractivity contribution in [3.05, 3.63) is 0 Å². The molecule has 0 saturated heterocycles. The smallest absolute Gasteiger partial charge is 0.313 e. The van der Waals surface area contributed by atoms with Crippen molar-refractivity contribution in [3.8, 4) is 0 Å². The van der Waals surface area contributed by atoms with Crippen molar-refractivity contribution in [3.63, 3.8) is 0 Å². The van der Waals surface area contributed by atoms with E-state index in [2.05, 4.69) is 0 Å². The van der Waals surface area contributed by atoms with Crippen molar-refractivity contribution >= 4 is 41.6 Å². The number of carbonyl (C=O) groups is 3. The van der Waals surface area contributed by atoms with Crippen molar-refractivity contribution < 1.29 is 19.5 Å². The van der Waals surface area contributed by atoms with Crippen LogP contribution in [-0.4, -0.2) is 46.2 Å². The summed E-state index contributed by atoms with van der Waals surface area (Å²) >= 11 is 3.00. The Bertz CT molecular complexity index is 269. The van der Waals surface area contributed by atoms with Crippen LogP contribution in [-0.2, 0) is 14.4 Å². The third-order valence-electron chi connectivity index (χ3n) is 2.40. The molecule has 4 nitrogen and oxygen atoms in total. The van der Waals surface area contributed by atoms with Gasteiger partial charge in [0.15, 0.2) is 0 Å². The summed E-state index contributed by atoms with van der Waals surface area (Å²) in [6.07, 6.45) is 5.78. The van der Waals surface area contributed by atoms with Gasteiger partial charge in [0.25, 0.3) is 0 Å². The standard InChI is InChI=1S/C13H22O4S2/c14-7-10-18-8-3-1-5-12(15)6-2-4-9-19-11-13(16)17/h7H,1-6,8-11H2,(H,16,17). The van der Waals surface area contributed by atoms with Crippen LogP contribution < -0.4 is 0 Å². The normalized spacial score (nSPS) is 10.3. The lowest BCUT2D eigenvalue weighted by molar-refractivity contribution is -0.134. The molecule has 19 heavy (non-hydrogen) atoms. The van der Waals surface area contributed by atoms with E-state index in [1.54, 1.807) is 11.8 Å². The minimum atomic E-state index is -0.784. The van der Waals surface area contributed by atoms with Crippen LogP contribution in [0.5, 0.6) is 0 Å². The third kappa shape index (κ3) is 15.5. The topological polar surface area (TPSA) is 71.4 Å². The molecule has 110 valence electrons. The van der Waals surface area contributed by atoms with Gasteiger partial charge < -0.3 is 9.90 Å². The first-order valence-corrected chi connectivity index (χ1v) is 8.80. The Balaban J connectivity index is 3.21. The molecule has 0 aromatic rings. The van der Waals surface area contributed by atoms with Crippen molar-refractivity contribution in [2.24, 2.45) is 0 Å². The van der Waals surface area contributed by atoms with Crippen LogP contribution in [0.4, 0.5) is 0 Å². The number of carboxylic acids is 1. The zero-order valence-electron chi connectivity index (χ0n) is 11.1. The lowest BCUT2D eigenvalue weighted by Gasteiger charge is -2.01. The highest BCUT2D eigenvalue weighted by molar-refractivity contribution is 8.00. The Kier molecular flexibility index (Phi) is 13.6. The summed E-state index contributed by atoms with van der Waals surface area (Å²) in [6.45, 7) is 0.